The summed E-state index contributed by atoms with van der Waals surface area (Å²) in [6.45, 7) is 7.19. The maximum atomic E-state index is 10.0. The molecule has 2 aliphatic heterocycles. The van der Waals surface area contributed by atoms with Crippen molar-refractivity contribution in [1.82, 2.24) is 19.9 Å². The second-order valence-electron chi connectivity index (χ2n) is 33.6. The summed E-state index contributed by atoms with van der Waals surface area (Å²) < 4.78 is 14.7. The maximum absolute atomic E-state index is 10.0. The van der Waals surface area contributed by atoms with Gasteiger partial charge in [0.15, 0.2) is 11.6 Å². The molecule has 4 heterocycles. The van der Waals surface area contributed by atoms with Gasteiger partial charge in [0.2, 0.25) is 0 Å². The molecule has 19 aromatic rings. The number of nitriles is 1. The van der Waals surface area contributed by atoms with Gasteiger partial charge in [0.1, 0.15) is 23.0 Å². The predicted molar refractivity (Wildman–Crippen MR) is 492 cm³/mol. The van der Waals surface area contributed by atoms with E-state index in [1.165, 1.54) is 60.7 Å². The van der Waals surface area contributed by atoms with Gasteiger partial charge in [-0.3, -0.25) is 0 Å². The number of ether oxygens (including phenoxy) is 2. The molecule has 4 aliphatic rings. The molecule has 0 amide bonds. The van der Waals surface area contributed by atoms with Crippen molar-refractivity contribution in [3.63, 3.8) is 0 Å². The van der Waals surface area contributed by atoms with Crippen LogP contribution in [0.2, 0.25) is 0 Å². The van der Waals surface area contributed by atoms with Gasteiger partial charge in [0, 0.05) is 66.5 Å². The summed E-state index contributed by atoms with van der Waals surface area (Å²) in [5.41, 5.74) is 28.3. The number of hydrogen-bond acceptors (Lipinski definition) is 7. The number of hydrogen-bond donors (Lipinski definition) is 0. The van der Waals surface area contributed by atoms with E-state index in [0.717, 1.165) is 146 Å². The van der Waals surface area contributed by atoms with Crippen LogP contribution in [0.4, 0.5) is 0 Å². The van der Waals surface area contributed by atoms with E-state index < -0.39 is 16.2 Å². The molecule has 0 bridgehead atoms. The quantitative estimate of drug-likeness (QED) is 0.119. The Kier molecular flexibility index (Phi) is 16.5. The second kappa shape index (κ2) is 28.1. The second-order valence-corrected chi connectivity index (χ2v) is 33.6. The first kappa shape index (κ1) is 71.8. The average Bonchev–Trinajstić information content (AvgIpc) is 0.680. The van der Waals surface area contributed by atoms with Crippen LogP contribution in [0.5, 0.6) is 23.0 Å². The number of fused-ring (bicyclic) bond motifs is 19. The summed E-state index contributed by atoms with van der Waals surface area (Å²) >= 11 is 0. The van der Waals surface area contributed by atoms with Crippen LogP contribution >= 0.6 is 0 Å². The molecule has 0 radical (unpaired) electrons. The first-order valence-electron chi connectivity index (χ1n) is 41.9. The molecule has 17 aromatic carbocycles. The largest absolute Gasteiger partial charge is 0.457 e. The maximum Gasteiger partial charge on any atom is 0.161 e. The first-order valence-corrected chi connectivity index (χ1v) is 41.9. The van der Waals surface area contributed by atoms with Crippen LogP contribution in [0.1, 0.15) is 98.7 Å². The zero-order valence-electron chi connectivity index (χ0n) is 67.4. The minimum atomic E-state index is -0.842. The normalized spacial score (nSPS) is 14.1. The van der Waals surface area contributed by atoms with Gasteiger partial charge in [-0.2, -0.15) is 5.26 Å². The molecule has 7 nitrogen and oxygen atoms in total. The van der Waals surface area contributed by atoms with Crippen LogP contribution in [0, 0.1) is 11.3 Å². The first-order chi connectivity index (χ1) is 60.0. The third kappa shape index (κ3) is 11.2. The highest BCUT2D eigenvalue weighted by molar-refractivity contribution is 6.08. The zero-order chi connectivity index (χ0) is 81.4. The Bertz CT molecular complexity index is 7490. The van der Waals surface area contributed by atoms with Crippen molar-refractivity contribution in [2.24, 2.45) is 0 Å². The molecule has 0 atom stereocenters. The van der Waals surface area contributed by atoms with Gasteiger partial charge in [-0.05, 0) is 184 Å². The Morgan fingerprint density at radius 2 is 0.664 bits per heavy atom. The van der Waals surface area contributed by atoms with E-state index in [-0.39, 0.29) is 5.41 Å². The van der Waals surface area contributed by atoms with Crippen LogP contribution in [0.15, 0.2) is 400 Å². The van der Waals surface area contributed by atoms with Gasteiger partial charge in [0.05, 0.1) is 45.2 Å². The van der Waals surface area contributed by atoms with E-state index in [0.29, 0.717) is 23.6 Å². The minimum absolute atomic E-state index is 0.275. The van der Waals surface area contributed by atoms with E-state index >= 15 is 0 Å². The molecule has 2 aliphatic carbocycles. The van der Waals surface area contributed by atoms with Crippen molar-refractivity contribution in [3.8, 4) is 130 Å². The Balaban J connectivity index is 0.690. The summed E-state index contributed by atoms with van der Waals surface area (Å²) in [5, 5.41) is 14.8. The molecule has 0 saturated carbocycles. The zero-order valence-corrected chi connectivity index (χ0v) is 67.4. The molecule has 0 unspecified atom stereocenters. The Hall–Kier alpha value is -15.5. The highest BCUT2D eigenvalue weighted by Gasteiger charge is 2.56. The molecule has 574 valence electrons. The van der Waals surface area contributed by atoms with E-state index in [9.17, 15) is 5.26 Å². The van der Waals surface area contributed by atoms with Crippen LogP contribution < -0.4 is 9.47 Å². The van der Waals surface area contributed by atoms with Crippen molar-refractivity contribution in [1.29, 1.82) is 5.26 Å². The number of benzene rings is 17. The summed E-state index contributed by atoms with van der Waals surface area (Å²) in [5.74, 6) is 4.43. The van der Waals surface area contributed by atoms with Crippen molar-refractivity contribution in [2.45, 2.75) is 48.9 Å². The number of para-hydroxylation sites is 2. The molecule has 2 spiro atoms. The summed E-state index contributed by atoms with van der Waals surface area (Å²) in [7, 11) is 0. The molecule has 23 rings (SSSR count). The third-order valence-corrected chi connectivity index (χ3v) is 26.4. The van der Waals surface area contributed by atoms with E-state index in [2.05, 4.69) is 385 Å². The lowest BCUT2D eigenvalue weighted by atomic mass is 9.52. The fraction of sp³-hybridized carbons (Fsp3) is 0.0696. The SMILES string of the molecule is CC1(C)c2ccccc2C2(c3ccccc3Oc3cc(-c4cc(CC5(C)c6ccccc6C6(c7ccccc7Oc7cc(-c8ccccc8-c8nc(-c9ccccc9)cc(-c9ccc%10c(ccc%11ccccc%11%10)c9)n8)ccc76)c6ccccc65)cc(-c5cc(-c6cccc(-c7cccc(C#N)c7)c6)nc(-c6ccccc6)n5)c4)ccc32)c2ccccc21. The van der Waals surface area contributed by atoms with Gasteiger partial charge in [-0.25, -0.2) is 19.9 Å². The predicted octanol–water partition coefficient (Wildman–Crippen LogP) is 27.9. The van der Waals surface area contributed by atoms with Crippen molar-refractivity contribution < 1.29 is 9.47 Å². The fourth-order valence-electron chi connectivity index (χ4n) is 20.8. The summed E-state index contributed by atoms with van der Waals surface area (Å²) in [6.07, 6.45) is 0.598. The molecule has 0 N–H and O–H groups in total. The lowest BCUT2D eigenvalue weighted by molar-refractivity contribution is 0.421. The molecule has 2 aromatic heterocycles. The summed E-state index contributed by atoms with van der Waals surface area (Å²) in [4.78, 5) is 22.0. The lowest BCUT2D eigenvalue weighted by Gasteiger charge is -2.51. The van der Waals surface area contributed by atoms with Crippen molar-refractivity contribution in [3.05, 3.63) is 478 Å². The Labute approximate surface area is 708 Å². The van der Waals surface area contributed by atoms with Crippen LogP contribution in [-0.2, 0) is 28.1 Å². The van der Waals surface area contributed by atoms with Crippen LogP contribution in [0.25, 0.3) is 123 Å². The monoisotopic (exact) mass is 1560 g/mol. The van der Waals surface area contributed by atoms with Crippen molar-refractivity contribution in [2.75, 3.05) is 0 Å². The van der Waals surface area contributed by atoms with Crippen LogP contribution in [-0.4, -0.2) is 19.9 Å². The lowest BCUT2D eigenvalue weighted by Crippen LogP contribution is -2.45. The van der Waals surface area contributed by atoms with Crippen LogP contribution in [0.3, 0.4) is 0 Å². The standard InChI is InChI=1S/C115H77N5O2/c1-112(2)90-40-14-18-44-94(90)114(95-45-19-15-41-91(95)112)98-48-22-24-50-106(98)121-108-66-79(55-58-100(108)114)84-61-73(62-85(65-84)105-69-103(117-110(118-105)76-32-8-5-9-33-76)82-36-27-35-78(63-82)77-34-26-28-72(60-77)71-116)70-113(3)92-42-16-20-46-96(92)115(97-47-21-17-43-93(97)113)99-49-23-25-51-107(99)122-109-67-81(56-59-101(109)115)87-38-12-13-39-89(87)111-119-102(75-30-6-4-7-31-75)68-104(120-111)83-54-57-88-80(64-83)53-52-74-29-10-11-37-86(74)88/h4-69H,70H2,1-3H3. The van der Waals surface area contributed by atoms with Crippen molar-refractivity contribution >= 4 is 21.5 Å². The van der Waals surface area contributed by atoms with E-state index in [1.54, 1.807) is 0 Å². The van der Waals surface area contributed by atoms with Gasteiger partial charge in [-0.1, -0.05) is 348 Å². The average molecular weight is 1560 g/mol. The summed E-state index contributed by atoms with van der Waals surface area (Å²) in [6, 6.07) is 147. The smallest absolute Gasteiger partial charge is 0.161 e. The molecule has 122 heavy (non-hydrogen) atoms. The number of aromatic nitrogens is 4. The fourth-order valence-corrected chi connectivity index (χ4v) is 20.8. The van der Waals surface area contributed by atoms with Gasteiger partial charge in [0.25, 0.3) is 0 Å². The topological polar surface area (TPSA) is 93.8 Å². The number of nitrogens with zero attached hydrogens (tertiary/aromatic N) is 5. The molecular weight excluding hydrogens is 1480 g/mol. The molecular formula is C115H77N5O2. The highest BCUT2D eigenvalue weighted by atomic mass is 16.5. The number of rotatable bonds is 11. The highest BCUT2D eigenvalue weighted by Crippen LogP contribution is 2.65. The Morgan fingerprint density at radius 1 is 0.254 bits per heavy atom. The van der Waals surface area contributed by atoms with E-state index in [1.807, 2.05) is 42.5 Å². The third-order valence-electron chi connectivity index (χ3n) is 26.4. The van der Waals surface area contributed by atoms with Gasteiger partial charge >= 0.3 is 0 Å². The molecule has 0 saturated heterocycles. The van der Waals surface area contributed by atoms with Gasteiger partial charge in [-0.15, -0.1) is 0 Å². The van der Waals surface area contributed by atoms with Gasteiger partial charge < -0.3 is 9.47 Å². The minimum Gasteiger partial charge on any atom is -0.457 e. The molecule has 7 heteroatoms. The Morgan fingerprint density at radius 3 is 1.30 bits per heavy atom. The molecule has 0 fully saturated rings. The van der Waals surface area contributed by atoms with E-state index in [4.69, 9.17) is 29.4 Å².